The molecule has 3 amide bonds. The van der Waals surface area contributed by atoms with Gasteiger partial charge in [0.2, 0.25) is 17.7 Å². The number of rotatable bonds is 11. The summed E-state index contributed by atoms with van der Waals surface area (Å²) in [6, 6.07) is 4.18. The number of thiol groups is 1. The van der Waals surface area contributed by atoms with Crippen LogP contribution in [0.4, 0.5) is 0 Å². The lowest BCUT2D eigenvalue weighted by Crippen LogP contribution is -2.57. The van der Waals surface area contributed by atoms with Crippen molar-refractivity contribution in [1.82, 2.24) is 16.0 Å². The zero-order valence-corrected chi connectivity index (χ0v) is 16.8. The first-order chi connectivity index (χ1) is 13.7. The van der Waals surface area contributed by atoms with Crippen molar-refractivity contribution < 1.29 is 29.4 Å². The van der Waals surface area contributed by atoms with Gasteiger partial charge in [-0.15, -0.1) is 0 Å². The summed E-state index contributed by atoms with van der Waals surface area (Å²) in [6.07, 6.45) is 0.0690. The minimum absolute atomic E-state index is 0.0440. The van der Waals surface area contributed by atoms with Crippen LogP contribution < -0.4 is 21.7 Å². The molecule has 10 nitrogen and oxygen atoms in total. The van der Waals surface area contributed by atoms with Crippen molar-refractivity contribution in [2.45, 2.75) is 37.5 Å². The Balaban J connectivity index is 2.67. The number of aliphatic carboxylic acids is 1. The van der Waals surface area contributed by atoms with Gasteiger partial charge in [0, 0.05) is 12.2 Å². The summed E-state index contributed by atoms with van der Waals surface area (Å²) in [5, 5.41) is 25.6. The van der Waals surface area contributed by atoms with E-state index in [1.807, 2.05) is 0 Å². The van der Waals surface area contributed by atoms with Gasteiger partial charge in [0.25, 0.3) is 0 Å². The molecule has 0 fully saturated rings. The first kappa shape index (κ1) is 24.4. The predicted octanol–water partition coefficient (Wildman–Crippen LogP) is -1.96. The van der Waals surface area contributed by atoms with Gasteiger partial charge in [-0.25, -0.2) is 4.79 Å². The summed E-state index contributed by atoms with van der Waals surface area (Å²) >= 11 is 3.87. The molecule has 160 valence electrons. The van der Waals surface area contributed by atoms with Crippen LogP contribution in [0.15, 0.2) is 30.3 Å². The molecule has 0 aliphatic carbocycles. The van der Waals surface area contributed by atoms with Crippen molar-refractivity contribution in [3.63, 3.8) is 0 Å². The van der Waals surface area contributed by atoms with Crippen LogP contribution in [-0.4, -0.2) is 70.4 Å². The van der Waals surface area contributed by atoms with Gasteiger partial charge < -0.3 is 31.9 Å². The number of aliphatic hydroxyl groups excluding tert-OH is 1. The number of nitrogens with two attached hydrogens (primary N) is 1. The first-order valence-corrected chi connectivity index (χ1v) is 9.48. The van der Waals surface area contributed by atoms with Crippen LogP contribution in [0.2, 0.25) is 0 Å². The first-order valence-electron chi connectivity index (χ1n) is 8.84. The minimum Gasteiger partial charge on any atom is -0.480 e. The molecule has 0 radical (unpaired) electrons. The van der Waals surface area contributed by atoms with Crippen LogP contribution in [0, 0.1) is 0 Å². The van der Waals surface area contributed by atoms with Gasteiger partial charge in [-0.05, 0) is 12.5 Å². The Morgan fingerprint density at radius 1 is 1.00 bits per heavy atom. The number of nitrogens with one attached hydrogen (secondary N) is 3. The monoisotopic (exact) mass is 426 g/mol. The maximum atomic E-state index is 12.3. The molecule has 4 atom stereocenters. The number of benzene rings is 1. The summed E-state index contributed by atoms with van der Waals surface area (Å²) in [6.45, 7) is 0.640. The molecule has 1 rings (SSSR count). The lowest BCUT2D eigenvalue weighted by atomic mass is 10.1. The van der Waals surface area contributed by atoms with Crippen LogP contribution in [0.5, 0.6) is 0 Å². The van der Waals surface area contributed by atoms with Crippen molar-refractivity contribution in [2.75, 3.05) is 12.4 Å². The van der Waals surface area contributed by atoms with E-state index in [0.29, 0.717) is 0 Å². The topological polar surface area (TPSA) is 171 Å². The minimum atomic E-state index is -1.32. The highest BCUT2D eigenvalue weighted by Crippen LogP contribution is 2.04. The molecule has 0 saturated carbocycles. The second-order valence-electron chi connectivity index (χ2n) is 6.35. The lowest BCUT2D eigenvalue weighted by molar-refractivity contribution is -0.142. The smallest absolute Gasteiger partial charge is 0.326 e. The average Bonchev–Trinajstić information content (AvgIpc) is 2.70. The van der Waals surface area contributed by atoms with Crippen LogP contribution in [0.25, 0.3) is 0 Å². The fourth-order valence-electron chi connectivity index (χ4n) is 2.28. The van der Waals surface area contributed by atoms with E-state index in [9.17, 15) is 29.4 Å². The lowest BCUT2D eigenvalue weighted by Gasteiger charge is -2.22. The molecule has 4 unspecified atom stereocenters. The summed E-state index contributed by atoms with van der Waals surface area (Å²) in [5.74, 6) is -3.40. The Kier molecular flexibility index (Phi) is 10.1. The Bertz CT molecular complexity index is 718. The van der Waals surface area contributed by atoms with E-state index >= 15 is 0 Å². The van der Waals surface area contributed by atoms with E-state index in [2.05, 4.69) is 28.6 Å². The zero-order valence-electron chi connectivity index (χ0n) is 15.9. The molecule has 29 heavy (non-hydrogen) atoms. The fraction of sp³-hybridized carbons (Fsp3) is 0.444. The normalized spacial score (nSPS) is 14.8. The van der Waals surface area contributed by atoms with E-state index in [0.717, 1.165) is 5.56 Å². The van der Waals surface area contributed by atoms with Gasteiger partial charge in [-0.3, -0.25) is 14.4 Å². The van der Waals surface area contributed by atoms with Crippen LogP contribution in [-0.2, 0) is 25.6 Å². The number of carbonyl (C=O) groups excluding carboxylic acids is 3. The predicted molar refractivity (Wildman–Crippen MR) is 108 cm³/mol. The third-order valence-electron chi connectivity index (χ3n) is 4.00. The Hall–Kier alpha value is -2.63. The highest BCUT2D eigenvalue weighted by atomic mass is 32.1. The molecule has 1 aromatic carbocycles. The molecule has 0 aromatic heterocycles. The van der Waals surface area contributed by atoms with Gasteiger partial charge in [0.05, 0.1) is 12.6 Å². The molecule has 1 aromatic rings. The van der Waals surface area contributed by atoms with Crippen LogP contribution in [0.3, 0.4) is 0 Å². The van der Waals surface area contributed by atoms with Gasteiger partial charge in [0.1, 0.15) is 18.1 Å². The van der Waals surface area contributed by atoms with Gasteiger partial charge in [0.15, 0.2) is 0 Å². The number of hydrogen-bond acceptors (Lipinski definition) is 7. The SMILES string of the molecule is CC(NC(=O)C(CO)NC(=O)C(N)CS)C(=O)NC(Cc1ccccc1)C(=O)O. The van der Waals surface area contributed by atoms with E-state index in [4.69, 9.17) is 5.73 Å². The molecular formula is C18H26N4O6S. The van der Waals surface area contributed by atoms with Crippen molar-refractivity contribution in [3.8, 4) is 0 Å². The molecule has 0 bridgehead atoms. The second kappa shape index (κ2) is 12.0. The third kappa shape index (κ3) is 8.10. The molecule has 0 aliphatic heterocycles. The van der Waals surface area contributed by atoms with Crippen LogP contribution in [0.1, 0.15) is 12.5 Å². The zero-order chi connectivity index (χ0) is 22.0. The maximum absolute atomic E-state index is 12.3. The van der Waals surface area contributed by atoms with Crippen molar-refractivity contribution >= 4 is 36.3 Å². The molecule has 0 aliphatic rings. The summed E-state index contributed by atoms with van der Waals surface area (Å²) in [4.78, 5) is 47.7. The molecule has 0 spiro atoms. The Morgan fingerprint density at radius 3 is 2.10 bits per heavy atom. The number of hydrogen-bond donors (Lipinski definition) is 7. The quantitative estimate of drug-likeness (QED) is 0.201. The molecule has 0 saturated heterocycles. The number of aliphatic hydroxyl groups is 1. The van der Waals surface area contributed by atoms with Crippen molar-refractivity contribution in [3.05, 3.63) is 35.9 Å². The number of carboxylic acid groups (broad SMARTS) is 1. The number of carboxylic acids is 1. The van der Waals surface area contributed by atoms with Crippen molar-refractivity contribution in [1.29, 1.82) is 0 Å². The largest absolute Gasteiger partial charge is 0.480 e. The molecule has 7 N–H and O–H groups in total. The van der Waals surface area contributed by atoms with Gasteiger partial charge in [-0.2, -0.15) is 12.6 Å². The van der Waals surface area contributed by atoms with Gasteiger partial charge >= 0.3 is 5.97 Å². The molecule has 0 heterocycles. The standard InChI is InChI=1S/C18H26N4O6S/c1-10(20-17(26)14(8-23)22-16(25)12(19)9-29)15(24)21-13(18(27)28)7-11-5-3-2-4-6-11/h2-6,10,12-14,23,29H,7-9,19H2,1H3,(H,20,26)(H,21,24)(H,22,25)(H,27,28). The summed E-state index contributed by atoms with van der Waals surface area (Å²) in [5.41, 5.74) is 6.22. The molecular weight excluding hydrogens is 400 g/mol. The maximum Gasteiger partial charge on any atom is 0.326 e. The van der Waals surface area contributed by atoms with E-state index in [-0.39, 0.29) is 12.2 Å². The third-order valence-corrected chi connectivity index (χ3v) is 4.39. The number of amides is 3. The van der Waals surface area contributed by atoms with Gasteiger partial charge in [-0.1, -0.05) is 30.3 Å². The second-order valence-corrected chi connectivity index (χ2v) is 6.72. The average molecular weight is 426 g/mol. The van der Waals surface area contributed by atoms with E-state index in [1.54, 1.807) is 30.3 Å². The summed E-state index contributed by atoms with van der Waals surface area (Å²) in [7, 11) is 0. The van der Waals surface area contributed by atoms with E-state index < -0.39 is 54.5 Å². The Morgan fingerprint density at radius 2 is 1.59 bits per heavy atom. The summed E-state index contributed by atoms with van der Waals surface area (Å²) < 4.78 is 0. The van der Waals surface area contributed by atoms with Crippen LogP contribution >= 0.6 is 12.6 Å². The fourth-order valence-corrected chi connectivity index (χ4v) is 2.45. The number of carbonyl (C=O) groups is 4. The van der Waals surface area contributed by atoms with E-state index in [1.165, 1.54) is 6.92 Å². The Labute approximate surface area is 173 Å². The van der Waals surface area contributed by atoms with Crippen molar-refractivity contribution in [2.24, 2.45) is 5.73 Å². The highest BCUT2D eigenvalue weighted by Gasteiger charge is 2.27. The molecule has 11 heteroatoms. The highest BCUT2D eigenvalue weighted by molar-refractivity contribution is 7.80.